The monoisotopic (exact) mass is 389 g/mol. The minimum absolute atomic E-state index is 0.228. The first kappa shape index (κ1) is 19.3. The zero-order valence-electron chi connectivity index (χ0n) is 15.7. The molecular formula is C19H23N3O4S. The number of carbonyl (C=O) groups excluding carboxylic acids is 1. The third-order valence-electron chi connectivity index (χ3n) is 4.99. The fourth-order valence-corrected chi connectivity index (χ4v) is 4.53. The molecule has 2 aromatic rings. The van der Waals surface area contributed by atoms with Crippen molar-refractivity contribution >= 4 is 15.9 Å². The van der Waals surface area contributed by atoms with Crippen molar-refractivity contribution < 1.29 is 13.2 Å². The molecule has 0 radical (unpaired) electrons. The van der Waals surface area contributed by atoms with E-state index in [4.69, 9.17) is 0 Å². The summed E-state index contributed by atoms with van der Waals surface area (Å²) in [7, 11) is -1.97. The number of piperazine rings is 1. The highest BCUT2D eigenvalue weighted by atomic mass is 32.2. The third-order valence-corrected chi connectivity index (χ3v) is 6.89. The van der Waals surface area contributed by atoms with Gasteiger partial charge in [-0.2, -0.15) is 4.31 Å². The van der Waals surface area contributed by atoms with Crippen molar-refractivity contribution in [1.29, 1.82) is 0 Å². The van der Waals surface area contributed by atoms with Gasteiger partial charge in [-0.15, -0.1) is 0 Å². The van der Waals surface area contributed by atoms with Crippen LogP contribution in [0.1, 0.15) is 21.5 Å². The summed E-state index contributed by atoms with van der Waals surface area (Å²) in [5.74, 6) is -0.254. The van der Waals surface area contributed by atoms with E-state index in [-0.39, 0.29) is 42.5 Å². The molecule has 0 unspecified atom stereocenters. The summed E-state index contributed by atoms with van der Waals surface area (Å²) in [5, 5.41) is 0. The van der Waals surface area contributed by atoms with E-state index >= 15 is 0 Å². The maximum Gasteiger partial charge on any atom is 0.254 e. The minimum Gasteiger partial charge on any atom is -0.336 e. The molecule has 0 spiro atoms. The fourth-order valence-electron chi connectivity index (χ4n) is 3.02. The van der Waals surface area contributed by atoms with Gasteiger partial charge in [-0.1, -0.05) is 6.07 Å². The van der Waals surface area contributed by atoms with Gasteiger partial charge in [-0.05, 0) is 43.2 Å². The van der Waals surface area contributed by atoms with Crippen molar-refractivity contribution in [2.45, 2.75) is 18.7 Å². The number of carbonyl (C=O) groups is 1. The van der Waals surface area contributed by atoms with Crippen molar-refractivity contribution in [1.82, 2.24) is 13.8 Å². The number of rotatable bonds is 3. The molecule has 1 amide bonds. The average Bonchev–Trinajstić information content (AvgIpc) is 2.65. The number of aromatic nitrogens is 1. The fraction of sp³-hybridized carbons (Fsp3) is 0.368. The van der Waals surface area contributed by atoms with Crippen molar-refractivity contribution in [3.8, 4) is 0 Å². The van der Waals surface area contributed by atoms with Crippen LogP contribution in [0, 0.1) is 13.8 Å². The quantitative estimate of drug-likeness (QED) is 0.789. The minimum atomic E-state index is -3.59. The number of pyridine rings is 1. The molecule has 27 heavy (non-hydrogen) atoms. The Morgan fingerprint density at radius 1 is 0.963 bits per heavy atom. The Balaban J connectivity index is 1.72. The summed E-state index contributed by atoms with van der Waals surface area (Å²) < 4.78 is 28.5. The molecule has 3 rings (SSSR count). The summed E-state index contributed by atoms with van der Waals surface area (Å²) in [6.07, 6.45) is 1.55. The largest absolute Gasteiger partial charge is 0.336 e. The molecule has 0 atom stereocenters. The van der Waals surface area contributed by atoms with E-state index in [0.717, 1.165) is 11.1 Å². The van der Waals surface area contributed by atoms with Gasteiger partial charge < -0.3 is 9.47 Å². The zero-order valence-corrected chi connectivity index (χ0v) is 16.5. The van der Waals surface area contributed by atoms with E-state index in [1.807, 2.05) is 13.8 Å². The molecule has 1 fully saturated rings. The lowest BCUT2D eigenvalue weighted by atomic mass is 10.1. The molecule has 2 heterocycles. The highest BCUT2D eigenvalue weighted by Gasteiger charge is 2.30. The Kier molecular flexibility index (Phi) is 5.21. The summed E-state index contributed by atoms with van der Waals surface area (Å²) in [6, 6.07) is 8.01. The van der Waals surface area contributed by atoms with Gasteiger partial charge in [0.25, 0.3) is 11.5 Å². The Morgan fingerprint density at radius 3 is 2.22 bits per heavy atom. The first-order chi connectivity index (χ1) is 12.7. The van der Waals surface area contributed by atoms with Gasteiger partial charge in [0.1, 0.15) is 0 Å². The van der Waals surface area contributed by atoms with Gasteiger partial charge in [0.05, 0.1) is 4.90 Å². The van der Waals surface area contributed by atoms with E-state index in [2.05, 4.69) is 0 Å². The van der Waals surface area contributed by atoms with Gasteiger partial charge in [0.15, 0.2) is 0 Å². The molecule has 1 saturated heterocycles. The maximum absolute atomic E-state index is 12.9. The first-order valence-corrected chi connectivity index (χ1v) is 10.2. The second kappa shape index (κ2) is 7.28. The molecule has 1 aliphatic heterocycles. The number of nitrogens with zero attached hydrogens (tertiary/aromatic N) is 3. The number of sulfonamides is 1. The van der Waals surface area contributed by atoms with Gasteiger partial charge in [-0.25, -0.2) is 8.42 Å². The predicted molar refractivity (Wildman–Crippen MR) is 102 cm³/mol. The molecule has 1 aromatic heterocycles. The number of benzene rings is 1. The number of hydrogen-bond donors (Lipinski definition) is 0. The van der Waals surface area contributed by atoms with E-state index in [0.29, 0.717) is 5.56 Å². The summed E-state index contributed by atoms with van der Waals surface area (Å²) in [4.78, 5) is 26.2. The van der Waals surface area contributed by atoms with Crippen LogP contribution in [0.2, 0.25) is 0 Å². The van der Waals surface area contributed by atoms with Gasteiger partial charge >= 0.3 is 0 Å². The first-order valence-electron chi connectivity index (χ1n) is 8.73. The van der Waals surface area contributed by atoms with Crippen molar-refractivity contribution in [3.05, 3.63) is 63.6 Å². The highest BCUT2D eigenvalue weighted by molar-refractivity contribution is 7.89. The molecule has 144 valence electrons. The van der Waals surface area contributed by atoms with Crippen LogP contribution in [0.15, 0.2) is 46.2 Å². The number of aryl methyl sites for hydroxylation is 3. The van der Waals surface area contributed by atoms with Crippen molar-refractivity contribution in [2.75, 3.05) is 26.2 Å². The van der Waals surface area contributed by atoms with Crippen LogP contribution >= 0.6 is 0 Å². The Bertz CT molecular complexity index is 1040. The average molecular weight is 389 g/mol. The van der Waals surface area contributed by atoms with E-state index in [9.17, 15) is 18.0 Å². The molecule has 0 N–H and O–H groups in total. The normalized spacial score (nSPS) is 15.7. The number of amides is 1. The summed E-state index contributed by atoms with van der Waals surface area (Å²) >= 11 is 0. The smallest absolute Gasteiger partial charge is 0.254 e. The Hall–Kier alpha value is -2.45. The van der Waals surface area contributed by atoms with Gasteiger partial charge in [-0.3, -0.25) is 9.59 Å². The van der Waals surface area contributed by atoms with Crippen LogP contribution in [-0.2, 0) is 17.1 Å². The lowest BCUT2D eigenvalue weighted by Gasteiger charge is -2.34. The van der Waals surface area contributed by atoms with Crippen LogP contribution in [0.5, 0.6) is 0 Å². The molecule has 7 nitrogen and oxygen atoms in total. The predicted octanol–water partition coefficient (Wildman–Crippen LogP) is 1.15. The molecule has 8 heteroatoms. The van der Waals surface area contributed by atoms with E-state index < -0.39 is 10.0 Å². The van der Waals surface area contributed by atoms with Crippen LogP contribution in [0.3, 0.4) is 0 Å². The standard InChI is InChI=1S/C19H23N3O4S/c1-14-4-5-17(12-15(14)2)27(25,26)22-10-8-21(9-11-22)19(24)16-6-7-20(3)18(23)13-16/h4-7,12-13H,8-11H2,1-3H3. The van der Waals surface area contributed by atoms with Crippen molar-refractivity contribution in [2.24, 2.45) is 7.05 Å². The third kappa shape index (κ3) is 3.81. The summed E-state index contributed by atoms with van der Waals surface area (Å²) in [6.45, 7) is 4.86. The number of hydrogen-bond acceptors (Lipinski definition) is 4. The van der Waals surface area contributed by atoms with Crippen molar-refractivity contribution in [3.63, 3.8) is 0 Å². The van der Waals surface area contributed by atoms with Crippen LogP contribution < -0.4 is 5.56 Å². The lowest BCUT2D eigenvalue weighted by molar-refractivity contribution is 0.0697. The Morgan fingerprint density at radius 2 is 1.63 bits per heavy atom. The molecule has 1 aliphatic rings. The molecule has 0 bridgehead atoms. The Labute approximate surface area is 158 Å². The van der Waals surface area contributed by atoms with Gasteiger partial charge in [0.2, 0.25) is 10.0 Å². The van der Waals surface area contributed by atoms with Crippen LogP contribution in [-0.4, -0.2) is 54.3 Å². The summed E-state index contributed by atoms with van der Waals surface area (Å²) in [5.41, 5.74) is 2.04. The molecule has 0 aliphatic carbocycles. The van der Waals surface area contributed by atoms with E-state index in [1.54, 1.807) is 42.4 Å². The zero-order chi connectivity index (χ0) is 19.8. The van der Waals surface area contributed by atoms with Crippen LogP contribution in [0.4, 0.5) is 0 Å². The van der Waals surface area contributed by atoms with Crippen LogP contribution in [0.25, 0.3) is 0 Å². The lowest BCUT2D eigenvalue weighted by Crippen LogP contribution is -2.50. The molecular weight excluding hydrogens is 366 g/mol. The maximum atomic E-state index is 12.9. The second-order valence-corrected chi connectivity index (χ2v) is 8.74. The van der Waals surface area contributed by atoms with E-state index in [1.165, 1.54) is 14.9 Å². The second-order valence-electron chi connectivity index (χ2n) is 6.81. The topological polar surface area (TPSA) is 79.7 Å². The molecule has 0 saturated carbocycles. The molecule has 1 aromatic carbocycles. The van der Waals surface area contributed by atoms with Gasteiger partial charge in [0, 0.05) is 51.1 Å². The SMILES string of the molecule is Cc1ccc(S(=O)(=O)N2CCN(C(=O)c3ccn(C)c(=O)c3)CC2)cc1C. The highest BCUT2D eigenvalue weighted by Crippen LogP contribution is 2.21.